The van der Waals surface area contributed by atoms with Gasteiger partial charge in [-0.3, -0.25) is 0 Å². The van der Waals surface area contributed by atoms with Crippen molar-refractivity contribution in [1.29, 1.82) is 0 Å². The molecule has 3 heteroatoms. The normalized spacial score (nSPS) is 12.1. The van der Waals surface area contributed by atoms with Gasteiger partial charge in [0, 0.05) is 12.8 Å². The van der Waals surface area contributed by atoms with E-state index in [1.165, 1.54) is 0 Å². The standard InChI is InChI=1S/C16H18O3/c1-3-14-9-10-15(19-14)16(17)18-12(2)11-13-7-5-4-6-8-13/h4-10,12H,3,11H2,1-2H3. The minimum absolute atomic E-state index is 0.176. The van der Waals surface area contributed by atoms with Crippen LogP contribution in [0.5, 0.6) is 0 Å². The van der Waals surface area contributed by atoms with Crippen LogP contribution in [0.4, 0.5) is 0 Å². The van der Waals surface area contributed by atoms with Gasteiger partial charge in [0.15, 0.2) is 0 Å². The molecule has 3 nitrogen and oxygen atoms in total. The van der Waals surface area contributed by atoms with Gasteiger partial charge >= 0.3 is 5.97 Å². The molecular formula is C16H18O3. The SMILES string of the molecule is CCc1ccc(C(=O)OC(C)Cc2ccccc2)o1. The minimum atomic E-state index is -0.400. The number of hydrogen-bond acceptors (Lipinski definition) is 3. The molecule has 0 N–H and O–H groups in total. The van der Waals surface area contributed by atoms with E-state index in [-0.39, 0.29) is 11.9 Å². The first-order valence-electron chi connectivity index (χ1n) is 6.52. The predicted molar refractivity (Wildman–Crippen MR) is 73.1 cm³/mol. The fourth-order valence-electron chi connectivity index (χ4n) is 1.91. The van der Waals surface area contributed by atoms with E-state index in [9.17, 15) is 4.79 Å². The summed E-state index contributed by atoms with van der Waals surface area (Å²) in [6.45, 7) is 3.86. The molecule has 0 fully saturated rings. The van der Waals surface area contributed by atoms with E-state index in [0.29, 0.717) is 6.42 Å². The summed E-state index contributed by atoms with van der Waals surface area (Å²) in [7, 11) is 0. The Kier molecular flexibility index (Phi) is 4.39. The zero-order valence-electron chi connectivity index (χ0n) is 11.3. The lowest BCUT2D eigenvalue weighted by molar-refractivity contribution is 0.0305. The molecule has 1 aromatic carbocycles. The average molecular weight is 258 g/mol. The van der Waals surface area contributed by atoms with Gasteiger partial charge in [0.25, 0.3) is 0 Å². The van der Waals surface area contributed by atoms with Crippen molar-refractivity contribution in [2.75, 3.05) is 0 Å². The Labute approximate surface area is 113 Å². The molecule has 0 aliphatic carbocycles. The summed E-state index contributed by atoms with van der Waals surface area (Å²) >= 11 is 0. The first kappa shape index (κ1) is 13.4. The molecule has 19 heavy (non-hydrogen) atoms. The van der Waals surface area contributed by atoms with Gasteiger partial charge in [-0.1, -0.05) is 37.3 Å². The molecule has 0 saturated carbocycles. The van der Waals surface area contributed by atoms with E-state index < -0.39 is 5.97 Å². The lowest BCUT2D eigenvalue weighted by Gasteiger charge is -2.12. The van der Waals surface area contributed by atoms with Crippen LogP contribution in [0.2, 0.25) is 0 Å². The highest BCUT2D eigenvalue weighted by molar-refractivity contribution is 5.86. The fourth-order valence-corrected chi connectivity index (χ4v) is 1.91. The average Bonchev–Trinajstić information content (AvgIpc) is 2.88. The molecule has 0 aliphatic heterocycles. The van der Waals surface area contributed by atoms with E-state index in [1.807, 2.05) is 44.2 Å². The zero-order valence-corrected chi connectivity index (χ0v) is 11.3. The summed E-state index contributed by atoms with van der Waals surface area (Å²) in [6, 6.07) is 13.4. The second kappa shape index (κ2) is 6.23. The Hall–Kier alpha value is -2.03. The molecule has 1 heterocycles. The number of benzene rings is 1. The first-order chi connectivity index (χ1) is 9.19. The van der Waals surface area contributed by atoms with Crippen LogP contribution in [0.1, 0.15) is 35.7 Å². The van der Waals surface area contributed by atoms with Crippen LogP contribution in [0, 0.1) is 0 Å². The van der Waals surface area contributed by atoms with Gasteiger partial charge in [-0.15, -0.1) is 0 Å². The summed E-state index contributed by atoms with van der Waals surface area (Å²) in [5.74, 6) is 0.669. The minimum Gasteiger partial charge on any atom is -0.456 e. The third kappa shape index (κ3) is 3.71. The highest BCUT2D eigenvalue weighted by Gasteiger charge is 2.15. The van der Waals surface area contributed by atoms with E-state index in [2.05, 4.69) is 0 Å². The van der Waals surface area contributed by atoms with Gasteiger partial charge in [0.1, 0.15) is 11.9 Å². The molecule has 1 aromatic heterocycles. The number of hydrogen-bond donors (Lipinski definition) is 0. The highest BCUT2D eigenvalue weighted by atomic mass is 16.6. The third-order valence-electron chi connectivity index (χ3n) is 2.89. The van der Waals surface area contributed by atoms with Crippen molar-refractivity contribution in [1.82, 2.24) is 0 Å². The maximum absolute atomic E-state index is 11.9. The molecule has 0 bridgehead atoms. The second-order valence-corrected chi connectivity index (χ2v) is 4.53. The number of carbonyl (C=O) groups excluding carboxylic acids is 1. The lowest BCUT2D eigenvalue weighted by Crippen LogP contribution is -2.17. The van der Waals surface area contributed by atoms with Gasteiger partial charge in [-0.2, -0.15) is 0 Å². The molecule has 0 amide bonds. The number of rotatable bonds is 5. The molecule has 2 rings (SSSR count). The van der Waals surface area contributed by atoms with E-state index in [4.69, 9.17) is 9.15 Å². The summed E-state index contributed by atoms with van der Waals surface area (Å²) in [4.78, 5) is 11.9. The Morgan fingerprint density at radius 2 is 1.95 bits per heavy atom. The van der Waals surface area contributed by atoms with Crippen molar-refractivity contribution in [2.45, 2.75) is 32.8 Å². The van der Waals surface area contributed by atoms with Gasteiger partial charge in [0.2, 0.25) is 5.76 Å². The maximum atomic E-state index is 11.9. The number of ether oxygens (including phenoxy) is 1. The van der Waals surface area contributed by atoms with Gasteiger partial charge in [-0.05, 0) is 24.6 Å². The van der Waals surface area contributed by atoms with Gasteiger partial charge < -0.3 is 9.15 Å². The Morgan fingerprint density at radius 3 is 2.58 bits per heavy atom. The van der Waals surface area contributed by atoms with Crippen molar-refractivity contribution in [3.8, 4) is 0 Å². The molecule has 0 radical (unpaired) electrons. The molecule has 1 unspecified atom stereocenters. The topological polar surface area (TPSA) is 39.4 Å². The van der Waals surface area contributed by atoms with Crippen LogP contribution in [-0.4, -0.2) is 12.1 Å². The Morgan fingerprint density at radius 1 is 1.21 bits per heavy atom. The van der Waals surface area contributed by atoms with Crippen LogP contribution in [0.15, 0.2) is 46.9 Å². The van der Waals surface area contributed by atoms with Gasteiger partial charge in [0.05, 0.1) is 0 Å². The third-order valence-corrected chi connectivity index (χ3v) is 2.89. The molecule has 2 aromatic rings. The Balaban J connectivity index is 1.91. The van der Waals surface area contributed by atoms with Crippen LogP contribution in [0.3, 0.4) is 0 Å². The summed E-state index contributed by atoms with van der Waals surface area (Å²) in [6.07, 6.45) is 1.30. The predicted octanol–water partition coefficient (Wildman–Crippen LogP) is 3.63. The van der Waals surface area contributed by atoms with Crippen molar-refractivity contribution in [2.24, 2.45) is 0 Å². The summed E-state index contributed by atoms with van der Waals surface area (Å²) in [5.41, 5.74) is 1.15. The summed E-state index contributed by atoms with van der Waals surface area (Å²) < 4.78 is 10.7. The van der Waals surface area contributed by atoms with E-state index in [1.54, 1.807) is 12.1 Å². The second-order valence-electron chi connectivity index (χ2n) is 4.53. The monoisotopic (exact) mass is 258 g/mol. The molecule has 0 aliphatic rings. The molecular weight excluding hydrogens is 240 g/mol. The van der Waals surface area contributed by atoms with Crippen LogP contribution < -0.4 is 0 Å². The van der Waals surface area contributed by atoms with Crippen LogP contribution in [-0.2, 0) is 17.6 Å². The fraction of sp³-hybridized carbons (Fsp3) is 0.312. The number of esters is 1. The summed E-state index contributed by atoms with van der Waals surface area (Å²) in [5, 5.41) is 0. The molecule has 1 atom stereocenters. The van der Waals surface area contributed by atoms with Crippen molar-refractivity contribution in [3.63, 3.8) is 0 Å². The number of aryl methyl sites for hydroxylation is 1. The van der Waals surface area contributed by atoms with E-state index >= 15 is 0 Å². The van der Waals surface area contributed by atoms with E-state index in [0.717, 1.165) is 17.7 Å². The zero-order chi connectivity index (χ0) is 13.7. The van der Waals surface area contributed by atoms with Crippen LogP contribution in [0.25, 0.3) is 0 Å². The van der Waals surface area contributed by atoms with Crippen molar-refractivity contribution < 1.29 is 13.9 Å². The van der Waals surface area contributed by atoms with Crippen molar-refractivity contribution >= 4 is 5.97 Å². The smallest absolute Gasteiger partial charge is 0.374 e. The quantitative estimate of drug-likeness (QED) is 0.769. The number of furan rings is 1. The molecule has 0 spiro atoms. The van der Waals surface area contributed by atoms with Crippen molar-refractivity contribution in [3.05, 3.63) is 59.5 Å². The number of carbonyl (C=O) groups is 1. The lowest BCUT2D eigenvalue weighted by atomic mass is 10.1. The highest BCUT2D eigenvalue weighted by Crippen LogP contribution is 2.12. The maximum Gasteiger partial charge on any atom is 0.374 e. The molecule has 100 valence electrons. The largest absolute Gasteiger partial charge is 0.456 e. The Bertz CT molecular complexity index is 528. The van der Waals surface area contributed by atoms with Gasteiger partial charge in [-0.25, -0.2) is 4.79 Å². The van der Waals surface area contributed by atoms with Crippen LogP contribution >= 0.6 is 0 Å². The molecule has 0 saturated heterocycles. The first-order valence-corrected chi connectivity index (χ1v) is 6.52.